The van der Waals surface area contributed by atoms with Crippen molar-refractivity contribution in [2.75, 3.05) is 12.5 Å². The summed E-state index contributed by atoms with van der Waals surface area (Å²) in [5, 5.41) is 0. The average molecular weight is 243 g/mol. The maximum Gasteiger partial charge on any atom is 0.288 e. The summed E-state index contributed by atoms with van der Waals surface area (Å²) in [6, 6.07) is 12.4. The lowest BCUT2D eigenvalue weighted by molar-refractivity contribution is 0.0957. The number of amides is 1. The van der Waals surface area contributed by atoms with E-state index >= 15 is 0 Å². The van der Waals surface area contributed by atoms with Crippen LogP contribution in [0.2, 0.25) is 0 Å². The number of anilines is 1. The Kier molecular flexibility index (Phi) is 3.76. The molecule has 0 atom stereocenters. The van der Waals surface area contributed by atoms with Crippen molar-refractivity contribution in [2.24, 2.45) is 0 Å². The first-order chi connectivity index (χ1) is 8.79. The Bertz CT molecular complexity index is 529. The second kappa shape index (κ2) is 5.67. The van der Waals surface area contributed by atoms with Crippen LogP contribution in [0.15, 0.2) is 48.7 Å². The monoisotopic (exact) mass is 243 g/mol. The van der Waals surface area contributed by atoms with Gasteiger partial charge in [0.25, 0.3) is 5.91 Å². The van der Waals surface area contributed by atoms with Crippen LogP contribution < -0.4 is 15.6 Å². The number of aromatic nitrogens is 1. The molecule has 0 aliphatic carbocycles. The van der Waals surface area contributed by atoms with E-state index in [1.165, 1.54) is 0 Å². The SMILES string of the molecule is COc1cccc(NNC(=O)c2ccccn2)c1. The molecule has 2 rings (SSSR count). The third-order valence-corrected chi connectivity index (χ3v) is 2.29. The number of nitrogens with zero attached hydrogens (tertiary/aromatic N) is 1. The molecular weight excluding hydrogens is 230 g/mol. The molecule has 0 aliphatic heterocycles. The van der Waals surface area contributed by atoms with E-state index < -0.39 is 0 Å². The van der Waals surface area contributed by atoms with Crippen LogP contribution in [-0.2, 0) is 0 Å². The predicted molar refractivity (Wildman–Crippen MR) is 68.3 cm³/mol. The normalized spacial score (nSPS) is 9.61. The Labute approximate surface area is 105 Å². The molecule has 1 aromatic carbocycles. The first-order valence-corrected chi connectivity index (χ1v) is 5.41. The summed E-state index contributed by atoms with van der Waals surface area (Å²) >= 11 is 0. The number of hydrogen-bond acceptors (Lipinski definition) is 4. The van der Waals surface area contributed by atoms with E-state index in [0.717, 1.165) is 5.69 Å². The lowest BCUT2D eigenvalue weighted by atomic mass is 10.3. The molecule has 0 fully saturated rings. The molecule has 1 amide bonds. The largest absolute Gasteiger partial charge is 0.497 e. The minimum Gasteiger partial charge on any atom is -0.497 e. The highest BCUT2D eigenvalue weighted by molar-refractivity contribution is 5.92. The summed E-state index contributed by atoms with van der Waals surface area (Å²) in [4.78, 5) is 15.7. The van der Waals surface area contributed by atoms with Crippen molar-refractivity contribution in [3.8, 4) is 5.75 Å². The van der Waals surface area contributed by atoms with Crippen LogP contribution >= 0.6 is 0 Å². The lowest BCUT2D eigenvalue weighted by Crippen LogP contribution is -2.29. The molecule has 0 radical (unpaired) electrons. The maximum absolute atomic E-state index is 11.7. The van der Waals surface area contributed by atoms with Gasteiger partial charge in [0.05, 0.1) is 12.8 Å². The van der Waals surface area contributed by atoms with Crippen molar-refractivity contribution in [1.29, 1.82) is 0 Å². The number of hydrogen-bond donors (Lipinski definition) is 2. The van der Waals surface area contributed by atoms with Crippen molar-refractivity contribution in [1.82, 2.24) is 10.4 Å². The van der Waals surface area contributed by atoms with E-state index in [-0.39, 0.29) is 5.91 Å². The van der Waals surface area contributed by atoms with Gasteiger partial charge in [0.1, 0.15) is 11.4 Å². The molecule has 1 aromatic heterocycles. The highest BCUT2D eigenvalue weighted by Gasteiger charge is 2.05. The van der Waals surface area contributed by atoms with E-state index in [4.69, 9.17) is 4.74 Å². The number of benzene rings is 1. The fourth-order valence-electron chi connectivity index (χ4n) is 1.39. The van der Waals surface area contributed by atoms with Crippen molar-refractivity contribution < 1.29 is 9.53 Å². The molecule has 5 nitrogen and oxygen atoms in total. The highest BCUT2D eigenvalue weighted by atomic mass is 16.5. The minimum atomic E-state index is -0.293. The lowest BCUT2D eigenvalue weighted by Gasteiger charge is -2.09. The highest BCUT2D eigenvalue weighted by Crippen LogP contribution is 2.15. The van der Waals surface area contributed by atoms with Crippen LogP contribution in [0.5, 0.6) is 5.75 Å². The molecule has 1 heterocycles. The molecule has 0 unspecified atom stereocenters. The van der Waals surface area contributed by atoms with Gasteiger partial charge in [-0.25, -0.2) is 0 Å². The molecule has 0 spiro atoms. The summed E-state index contributed by atoms with van der Waals surface area (Å²) in [6.45, 7) is 0. The average Bonchev–Trinajstić information content (AvgIpc) is 2.46. The second-order valence-corrected chi connectivity index (χ2v) is 3.53. The van der Waals surface area contributed by atoms with Crippen molar-refractivity contribution in [3.63, 3.8) is 0 Å². The van der Waals surface area contributed by atoms with Gasteiger partial charge in [-0.15, -0.1) is 0 Å². The number of carbonyl (C=O) groups is 1. The third kappa shape index (κ3) is 2.98. The Balaban J connectivity index is 1.97. The van der Waals surface area contributed by atoms with Gasteiger partial charge >= 0.3 is 0 Å². The zero-order valence-electron chi connectivity index (χ0n) is 9.88. The number of hydrazine groups is 1. The van der Waals surface area contributed by atoms with Crippen molar-refractivity contribution in [3.05, 3.63) is 54.4 Å². The van der Waals surface area contributed by atoms with Crippen LogP contribution in [0.1, 0.15) is 10.5 Å². The van der Waals surface area contributed by atoms with E-state index in [1.54, 1.807) is 37.6 Å². The molecule has 0 saturated heterocycles. The van der Waals surface area contributed by atoms with Crippen LogP contribution in [0, 0.1) is 0 Å². The summed E-state index contributed by atoms with van der Waals surface area (Å²) in [7, 11) is 1.59. The minimum absolute atomic E-state index is 0.293. The zero-order valence-corrected chi connectivity index (χ0v) is 9.88. The first kappa shape index (κ1) is 11.9. The van der Waals surface area contributed by atoms with Gasteiger partial charge in [-0.1, -0.05) is 12.1 Å². The quantitative estimate of drug-likeness (QED) is 0.804. The van der Waals surface area contributed by atoms with Crippen LogP contribution in [-0.4, -0.2) is 18.0 Å². The first-order valence-electron chi connectivity index (χ1n) is 5.41. The molecular formula is C13H13N3O2. The zero-order chi connectivity index (χ0) is 12.8. The van der Waals surface area contributed by atoms with Crippen LogP contribution in [0.4, 0.5) is 5.69 Å². The van der Waals surface area contributed by atoms with E-state index in [2.05, 4.69) is 15.8 Å². The Hall–Kier alpha value is -2.56. The molecule has 0 aliphatic rings. The summed E-state index contributed by atoms with van der Waals surface area (Å²) in [5.74, 6) is 0.422. The molecule has 5 heteroatoms. The Morgan fingerprint density at radius 2 is 2.11 bits per heavy atom. The number of rotatable bonds is 4. The predicted octanol–water partition coefficient (Wildman–Crippen LogP) is 1.85. The smallest absolute Gasteiger partial charge is 0.288 e. The Morgan fingerprint density at radius 1 is 1.22 bits per heavy atom. The van der Waals surface area contributed by atoms with Gasteiger partial charge in [-0.05, 0) is 24.3 Å². The van der Waals surface area contributed by atoms with Gasteiger partial charge in [-0.2, -0.15) is 0 Å². The fraction of sp³-hybridized carbons (Fsp3) is 0.0769. The third-order valence-electron chi connectivity index (χ3n) is 2.29. The van der Waals surface area contributed by atoms with Gasteiger partial charge in [0, 0.05) is 12.3 Å². The van der Waals surface area contributed by atoms with Gasteiger partial charge in [-0.3, -0.25) is 20.6 Å². The fourth-order valence-corrected chi connectivity index (χ4v) is 1.39. The summed E-state index contributed by atoms with van der Waals surface area (Å²) in [5.41, 5.74) is 6.45. The molecule has 92 valence electrons. The molecule has 2 aromatic rings. The van der Waals surface area contributed by atoms with E-state index in [0.29, 0.717) is 11.4 Å². The molecule has 2 N–H and O–H groups in total. The summed E-state index contributed by atoms with van der Waals surface area (Å²) in [6.07, 6.45) is 1.57. The van der Waals surface area contributed by atoms with E-state index in [9.17, 15) is 4.79 Å². The van der Waals surface area contributed by atoms with Gasteiger partial charge in [0.2, 0.25) is 0 Å². The standard InChI is InChI=1S/C13H13N3O2/c1-18-11-6-4-5-10(9-11)15-16-13(17)12-7-2-3-8-14-12/h2-9,15H,1H3,(H,16,17). The van der Waals surface area contributed by atoms with Crippen molar-refractivity contribution >= 4 is 11.6 Å². The second-order valence-electron chi connectivity index (χ2n) is 3.53. The number of carbonyl (C=O) groups excluding carboxylic acids is 1. The van der Waals surface area contributed by atoms with Crippen molar-refractivity contribution in [2.45, 2.75) is 0 Å². The van der Waals surface area contributed by atoms with Crippen LogP contribution in [0.3, 0.4) is 0 Å². The summed E-state index contributed by atoms with van der Waals surface area (Å²) < 4.78 is 5.08. The Morgan fingerprint density at radius 3 is 2.83 bits per heavy atom. The van der Waals surface area contributed by atoms with Gasteiger partial charge < -0.3 is 4.74 Å². The molecule has 0 saturated carbocycles. The number of methoxy groups -OCH3 is 1. The molecule has 0 bridgehead atoms. The molecule has 18 heavy (non-hydrogen) atoms. The topological polar surface area (TPSA) is 63.2 Å². The number of ether oxygens (including phenoxy) is 1. The van der Waals surface area contributed by atoms with Gasteiger partial charge in [0.15, 0.2) is 0 Å². The number of pyridine rings is 1. The van der Waals surface area contributed by atoms with Crippen LogP contribution in [0.25, 0.3) is 0 Å². The maximum atomic E-state index is 11.7. The number of nitrogens with one attached hydrogen (secondary N) is 2. The van der Waals surface area contributed by atoms with E-state index in [1.807, 2.05) is 18.2 Å².